The molecule has 0 bridgehead atoms. The van der Waals surface area contributed by atoms with Crippen molar-refractivity contribution >= 4 is 5.91 Å². The van der Waals surface area contributed by atoms with Crippen molar-refractivity contribution in [3.05, 3.63) is 53.4 Å². The van der Waals surface area contributed by atoms with Crippen molar-refractivity contribution in [1.29, 1.82) is 0 Å². The van der Waals surface area contributed by atoms with Crippen LogP contribution < -0.4 is 0 Å². The van der Waals surface area contributed by atoms with Gasteiger partial charge in [-0.25, -0.2) is 18.7 Å². The molecule has 0 N–H and O–H groups in total. The van der Waals surface area contributed by atoms with E-state index in [0.717, 1.165) is 30.9 Å². The third-order valence-corrected chi connectivity index (χ3v) is 4.32. The first-order valence-electron chi connectivity index (χ1n) is 7.86. The Bertz CT molecular complexity index is 713. The largest absolute Gasteiger partial charge is 0.337 e. The molecule has 1 saturated heterocycles. The number of rotatable bonds is 3. The summed E-state index contributed by atoms with van der Waals surface area (Å²) < 4.78 is 25.4. The van der Waals surface area contributed by atoms with Gasteiger partial charge in [0.05, 0.1) is 0 Å². The first-order valence-corrected chi connectivity index (χ1v) is 7.86. The van der Waals surface area contributed by atoms with Gasteiger partial charge in [-0.3, -0.25) is 9.78 Å². The van der Waals surface area contributed by atoms with Crippen LogP contribution in [-0.4, -0.2) is 38.8 Å². The highest BCUT2D eigenvalue weighted by Crippen LogP contribution is 2.28. The molecule has 0 saturated carbocycles. The molecular formula is C17H18F2N4O. The van der Waals surface area contributed by atoms with E-state index in [0.29, 0.717) is 19.0 Å². The maximum absolute atomic E-state index is 12.7. The lowest BCUT2D eigenvalue weighted by Crippen LogP contribution is -2.38. The van der Waals surface area contributed by atoms with Crippen molar-refractivity contribution < 1.29 is 13.6 Å². The van der Waals surface area contributed by atoms with Crippen LogP contribution >= 0.6 is 0 Å². The Labute approximate surface area is 138 Å². The number of likely N-dealkylation sites (tertiary alicyclic amines) is 1. The zero-order valence-corrected chi connectivity index (χ0v) is 13.3. The van der Waals surface area contributed by atoms with Crippen LogP contribution in [0.2, 0.25) is 0 Å². The minimum atomic E-state index is -2.71. The first kappa shape index (κ1) is 16.4. The number of carbonyl (C=O) groups is 1. The minimum Gasteiger partial charge on any atom is -0.337 e. The summed E-state index contributed by atoms with van der Waals surface area (Å²) >= 11 is 0. The van der Waals surface area contributed by atoms with E-state index < -0.39 is 12.1 Å². The summed E-state index contributed by atoms with van der Waals surface area (Å²) in [5.41, 5.74) is 1.75. The molecule has 0 unspecified atom stereocenters. The van der Waals surface area contributed by atoms with E-state index in [1.165, 1.54) is 5.56 Å². The Balaban J connectivity index is 1.65. The van der Waals surface area contributed by atoms with Crippen molar-refractivity contribution in [3.8, 4) is 0 Å². The zero-order chi connectivity index (χ0) is 17.1. The topological polar surface area (TPSA) is 59.0 Å². The fraction of sp³-hybridized carbons (Fsp3) is 0.412. The molecule has 3 rings (SSSR count). The maximum atomic E-state index is 12.7. The van der Waals surface area contributed by atoms with Gasteiger partial charge in [0.1, 0.15) is 17.7 Å². The molecule has 0 aromatic carbocycles. The molecule has 0 spiro atoms. The molecular weight excluding hydrogens is 314 g/mol. The number of nitrogens with zero attached hydrogens (tertiary/aromatic N) is 4. The molecule has 2 aromatic heterocycles. The second kappa shape index (κ2) is 6.98. The Morgan fingerprint density at radius 1 is 1.21 bits per heavy atom. The number of hydrogen-bond donors (Lipinski definition) is 0. The molecule has 126 valence electrons. The smallest absolute Gasteiger partial charge is 0.280 e. The Morgan fingerprint density at radius 2 is 1.96 bits per heavy atom. The van der Waals surface area contributed by atoms with E-state index in [2.05, 4.69) is 21.0 Å². The predicted octanol–water partition coefficient (Wildman–Crippen LogP) is 3.14. The highest BCUT2D eigenvalue weighted by Gasteiger charge is 2.26. The van der Waals surface area contributed by atoms with Crippen LogP contribution in [0.1, 0.15) is 52.6 Å². The molecule has 3 heterocycles. The standard InChI is InChI=1S/C17H18F2N4O/c1-11-2-3-13(9-20-11)12-4-6-23(7-5-12)17(24)15-8-14(16(18)19)21-10-22-15/h2-3,8-10,12,16H,4-7H2,1H3. The van der Waals surface area contributed by atoms with E-state index in [1.807, 2.05) is 19.2 Å². The Hall–Kier alpha value is -2.44. The van der Waals surface area contributed by atoms with Crippen LogP contribution in [0.25, 0.3) is 0 Å². The summed E-state index contributed by atoms with van der Waals surface area (Å²) in [6.45, 7) is 3.09. The van der Waals surface area contributed by atoms with Crippen LogP contribution in [0.3, 0.4) is 0 Å². The van der Waals surface area contributed by atoms with Crippen LogP contribution in [-0.2, 0) is 0 Å². The molecule has 2 aromatic rings. The number of alkyl halides is 2. The number of pyridine rings is 1. The minimum absolute atomic E-state index is 0.0238. The molecule has 1 aliphatic heterocycles. The van der Waals surface area contributed by atoms with Crippen LogP contribution in [0.15, 0.2) is 30.7 Å². The molecule has 1 amide bonds. The lowest BCUT2D eigenvalue weighted by molar-refractivity contribution is 0.0706. The van der Waals surface area contributed by atoms with E-state index >= 15 is 0 Å². The van der Waals surface area contributed by atoms with Crippen molar-refractivity contribution in [2.75, 3.05) is 13.1 Å². The van der Waals surface area contributed by atoms with Gasteiger partial charge in [-0.2, -0.15) is 0 Å². The summed E-state index contributed by atoms with van der Waals surface area (Å²) in [6.07, 6.45) is 1.84. The lowest BCUT2D eigenvalue weighted by Gasteiger charge is -2.32. The van der Waals surface area contributed by atoms with Gasteiger partial charge in [0, 0.05) is 25.0 Å². The summed E-state index contributed by atoms with van der Waals surface area (Å²) in [7, 11) is 0. The van der Waals surface area contributed by atoms with Gasteiger partial charge in [0.25, 0.3) is 12.3 Å². The first-order chi connectivity index (χ1) is 11.5. The molecule has 0 aliphatic carbocycles. The van der Waals surface area contributed by atoms with Crippen LogP contribution in [0, 0.1) is 6.92 Å². The molecule has 1 fully saturated rings. The summed E-state index contributed by atoms with van der Waals surface area (Å²) in [4.78, 5) is 25.7. The molecule has 0 atom stereocenters. The number of halogens is 2. The quantitative estimate of drug-likeness (QED) is 0.866. The van der Waals surface area contributed by atoms with Gasteiger partial charge in [-0.1, -0.05) is 6.07 Å². The van der Waals surface area contributed by atoms with Gasteiger partial charge in [-0.15, -0.1) is 0 Å². The van der Waals surface area contributed by atoms with Gasteiger partial charge >= 0.3 is 0 Å². The highest BCUT2D eigenvalue weighted by molar-refractivity contribution is 5.92. The molecule has 0 radical (unpaired) electrons. The summed E-state index contributed by atoms with van der Waals surface area (Å²) in [6, 6.07) is 5.13. The second-order valence-electron chi connectivity index (χ2n) is 5.93. The molecule has 5 nitrogen and oxygen atoms in total. The third kappa shape index (κ3) is 3.55. The monoisotopic (exact) mass is 332 g/mol. The number of aryl methyl sites for hydroxylation is 1. The maximum Gasteiger partial charge on any atom is 0.280 e. The number of piperidine rings is 1. The number of carbonyl (C=O) groups excluding carboxylic acids is 1. The average Bonchev–Trinajstić information content (AvgIpc) is 2.62. The van der Waals surface area contributed by atoms with Crippen molar-refractivity contribution in [2.45, 2.75) is 32.1 Å². The van der Waals surface area contributed by atoms with Crippen LogP contribution in [0.4, 0.5) is 8.78 Å². The summed E-state index contributed by atoms with van der Waals surface area (Å²) in [5.74, 6) is 0.0453. The summed E-state index contributed by atoms with van der Waals surface area (Å²) in [5, 5.41) is 0. The van der Waals surface area contributed by atoms with Gasteiger partial charge in [0.15, 0.2) is 0 Å². The number of amides is 1. The van der Waals surface area contributed by atoms with Gasteiger partial charge < -0.3 is 4.90 Å². The van der Waals surface area contributed by atoms with Crippen molar-refractivity contribution in [3.63, 3.8) is 0 Å². The number of aromatic nitrogens is 3. The fourth-order valence-electron chi connectivity index (χ4n) is 2.91. The SMILES string of the molecule is Cc1ccc(C2CCN(C(=O)c3cc(C(F)F)ncn3)CC2)cn1. The molecule has 1 aliphatic rings. The highest BCUT2D eigenvalue weighted by atomic mass is 19.3. The van der Waals surface area contributed by atoms with Crippen molar-refractivity contribution in [2.24, 2.45) is 0 Å². The predicted molar refractivity (Wildman–Crippen MR) is 83.8 cm³/mol. The van der Waals surface area contributed by atoms with Crippen LogP contribution in [0.5, 0.6) is 0 Å². The Morgan fingerprint density at radius 3 is 2.58 bits per heavy atom. The fourth-order valence-corrected chi connectivity index (χ4v) is 2.91. The number of hydrogen-bond acceptors (Lipinski definition) is 4. The van der Waals surface area contributed by atoms with E-state index in [1.54, 1.807) is 4.90 Å². The Kier molecular flexibility index (Phi) is 4.78. The zero-order valence-electron chi connectivity index (χ0n) is 13.3. The van der Waals surface area contributed by atoms with E-state index in [-0.39, 0.29) is 11.6 Å². The van der Waals surface area contributed by atoms with Gasteiger partial charge in [0.2, 0.25) is 0 Å². The second-order valence-corrected chi connectivity index (χ2v) is 5.93. The van der Waals surface area contributed by atoms with E-state index in [9.17, 15) is 13.6 Å². The normalized spacial score (nSPS) is 15.8. The average molecular weight is 332 g/mol. The molecule has 7 heteroatoms. The molecule has 24 heavy (non-hydrogen) atoms. The van der Waals surface area contributed by atoms with Gasteiger partial charge in [-0.05, 0) is 43.4 Å². The lowest BCUT2D eigenvalue weighted by atomic mass is 9.90. The van der Waals surface area contributed by atoms with E-state index in [4.69, 9.17) is 0 Å². The third-order valence-electron chi connectivity index (χ3n) is 4.32. The van der Waals surface area contributed by atoms with Crippen molar-refractivity contribution in [1.82, 2.24) is 19.9 Å².